The van der Waals surface area contributed by atoms with Crippen LogP contribution in [0.4, 0.5) is 14.9 Å². The number of halogens is 2. The highest BCUT2D eigenvalue weighted by Gasteiger charge is 2.50. The molecule has 2 aliphatic rings. The van der Waals surface area contributed by atoms with Gasteiger partial charge in [-0.2, -0.15) is 0 Å². The van der Waals surface area contributed by atoms with Crippen LogP contribution >= 0.6 is 11.6 Å². The van der Waals surface area contributed by atoms with E-state index in [9.17, 15) is 18.8 Å². The summed E-state index contributed by atoms with van der Waals surface area (Å²) in [6.45, 7) is 5.23. The highest BCUT2D eigenvalue weighted by molar-refractivity contribution is 6.31. The van der Waals surface area contributed by atoms with E-state index >= 15 is 0 Å². The van der Waals surface area contributed by atoms with Crippen LogP contribution in [0.15, 0.2) is 42.6 Å². The van der Waals surface area contributed by atoms with Gasteiger partial charge in [-0.3, -0.25) is 19.9 Å². The predicted molar refractivity (Wildman–Crippen MR) is 121 cm³/mol. The van der Waals surface area contributed by atoms with Gasteiger partial charge in [-0.05, 0) is 43.7 Å². The third-order valence-corrected chi connectivity index (χ3v) is 6.54. The quantitative estimate of drug-likeness (QED) is 0.651. The summed E-state index contributed by atoms with van der Waals surface area (Å²) in [4.78, 5) is 46.1. The van der Waals surface area contributed by atoms with Crippen LogP contribution in [-0.4, -0.2) is 53.4 Å². The first-order valence-corrected chi connectivity index (χ1v) is 11.1. The minimum atomic E-state index is -1.40. The van der Waals surface area contributed by atoms with Gasteiger partial charge in [0.1, 0.15) is 5.82 Å². The molecule has 2 aromatic rings. The van der Waals surface area contributed by atoms with E-state index in [1.165, 1.54) is 6.07 Å². The summed E-state index contributed by atoms with van der Waals surface area (Å²) in [5, 5.41) is 5.02. The lowest BCUT2D eigenvalue weighted by Gasteiger charge is -2.42. The molecule has 0 saturated carbocycles. The lowest BCUT2D eigenvalue weighted by atomic mass is 9.84. The van der Waals surface area contributed by atoms with Crippen LogP contribution in [-0.2, 0) is 15.1 Å². The molecule has 4 rings (SSSR count). The Bertz CT molecular complexity index is 1090. The standard InChI is InChI=1S/C23H25ClFN5O3/c1-14(12-23(19-5-3-4-8-26-19)21(32)27-22(33)28-23)20(31)29-9-10-30(15(2)13-29)16-6-7-18(25)17(24)11-16/h3-8,11,14-15H,9-10,12-13H2,1-2H3,(H2,27,28,32,33)/t14?,15-,23?/m0/s1. The molecule has 174 valence electrons. The molecule has 0 aliphatic carbocycles. The van der Waals surface area contributed by atoms with Crippen LogP contribution < -0.4 is 15.5 Å². The van der Waals surface area contributed by atoms with Crippen molar-refractivity contribution in [3.05, 3.63) is 59.1 Å². The average molecular weight is 474 g/mol. The van der Waals surface area contributed by atoms with E-state index in [0.717, 1.165) is 5.69 Å². The highest BCUT2D eigenvalue weighted by Crippen LogP contribution is 2.32. The summed E-state index contributed by atoms with van der Waals surface area (Å²) in [5.74, 6) is -1.64. The Balaban J connectivity index is 1.47. The molecule has 2 unspecified atom stereocenters. The van der Waals surface area contributed by atoms with E-state index < -0.39 is 29.2 Å². The number of piperazine rings is 1. The molecule has 1 aromatic heterocycles. The molecule has 8 nitrogen and oxygen atoms in total. The molecule has 3 heterocycles. The number of imide groups is 1. The van der Waals surface area contributed by atoms with Crippen molar-refractivity contribution in [2.24, 2.45) is 5.92 Å². The minimum absolute atomic E-state index is 0.0179. The number of nitrogens with zero attached hydrogens (tertiary/aromatic N) is 3. The highest BCUT2D eigenvalue weighted by atomic mass is 35.5. The molecular weight excluding hydrogens is 449 g/mol. The van der Waals surface area contributed by atoms with Crippen molar-refractivity contribution in [3.63, 3.8) is 0 Å². The Kier molecular flexibility index (Phi) is 6.25. The molecule has 4 amide bonds. The van der Waals surface area contributed by atoms with E-state index in [2.05, 4.69) is 20.5 Å². The van der Waals surface area contributed by atoms with Crippen LogP contribution in [0.3, 0.4) is 0 Å². The van der Waals surface area contributed by atoms with Gasteiger partial charge in [0.05, 0.1) is 10.7 Å². The van der Waals surface area contributed by atoms with Gasteiger partial charge in [0, 0.05) is 43.5 Å². The molecule has 1 aromatic carbocycles. The first-order valence-electron chi connectivity index (χ1n) is 10.8. The Morgan fingerprint density at radius 3 is 2.70 bits per heavy atom. The molecule has 0 radical (unpaired) electrons. The number of rotatable bonds is 5. The van der Waals surface area contributed by atoms with Crippen LogP contribution in [0.25, 0.3) is 0 Å². The number of anilines is 1. The SMILES string of the molecule is CC(CC1(c2ccccn2)NC(=O)NC1=O)C(=O)N1CCN(c2ccc(F)c(Cl)c2)[C@@H](C)C1. The third kappa shape index (κ3) is 4.37. The van der Waals surface area contributed by atoms with Crippen LogP contribution in [0, 0.1) is 11.7 Å². The van der Waals surface area contributed by atoms with Crippen LogP contribution in [0.5, 0.6) is 0 Å². The van der Waals surface area contributed by atoms with Gasteiger partial charge in [0.15, 0.2) is 5.54 Å². The number of hydrogen-bond acceptors (Lipinski definition) is 5. The molecule has 2 saturated heterocycles. The fourth-order valence-corrected chi connectivity index (χ4v) is 4.77. The van der Waals surface area contributed by atoms with E-state index in [4.69, 9.17) is 11.6 Å². The summed E-state index contributed by atoms with van der Waals surface area (Å²) in [7, 11) is 0. The first kappa shape index (κ1) is 23.0. The van der Waals surface area contributed by atoms with Crippen molar-refractivity contribution in [1.82, 2.24) is 20.5 Å². The van der Waals surface area contributed by atoms with Gasteiger partial charge in [-0.15, -0.1) is 0 Å². The second-order valence-corrected chi connectivity index (χ2v) is 8.97. The number of aromatic nitrogens is 1. The topological polar surface area (TPSA) is 94.6 Å². The van der Waals surface area contributed by atoms with Crippen molar-refractivity contribution in [3.8, 4) is 0 Å². The summed E-state index contributed by atoms with van der Waals surface area (Å²) < 4.78 is 13.5. The number of carbonyl (C=O) groups excluding carboxylic acids is 3. The van der Waals surface area contributed by atoms with E-state index in [-0.39, 0.29) is 23.4 Å². The fraction of sp³-hybridized carbons (Fsp3) is 0.391. The predicted octanol–water partition coefficient (Wildman–Crippen LogP) is 2.67. The van der Waals surface area contributed by atoms with E-state index in [0.29, 0.717) is 25.3 Å². The third-order valence-electron chi connectivity index (χ3n) is 6.25. The Hall–Kier alpha value is -3.20. The van der Waals surface area contributed by atoms with Gasteiger partial charge in [0.25, 0.3) is 5.91 Å². The lowest BCUT2D eigenvalue weighted by molar-refractivity contribution is -0.137. The molecular formula is C23H25ClFN5O3. The smallest absolute Gasteiger partial charge is 0.322 e. The molecule has 2 aliphatic heterocycles. The van der Waals surface area contributed by atoms with Crippen molar-refractivity contribution < 1.29 is 18.8 Å². The monoisotopic (exact) mass is 473 g/mol. The fourth-order valence-electron chi connectivity index (χ4n) is 4.60. The van der Waals surface area contributed by atoms with Crippen molar-refractivity contribution >= 4 is 35.1 Å². The Morgan fingerprint density at radius 2 is 2.09 bits per heavy atom. The lowest BCUT2D eigenvalue weighted by Crippen LogP contribution is -2.55. The van der Waals surface area contributed by atoms with E-state index in [1.807, 2.05) is 6.92 Å². The molecule has 2 N–H and O–H groups in total. The average Bonchev–Trinajstić information content (AvgIpc) is 3.09. The normalized spacial score (nSPS) is 23.8. The Labute approximate surface area is 196 Å². The first-order chi connectivity index (χ1) is 15.7. The summed E-state index contributed by atoms with van der Waals surface area (Å²) >= 11 is 5.93. The molecule has 0 spiro atoms. The Morgan fingerprint density at radius 1 is 1.30 bits per heavy atom. The van der Waals surface area contributed by atoms with Crippen molar-refractivity contribution in [1.29, 1.82) is 0 Å². The summed E-state index contributed by atoms with van der Waals surface area (Å²) in [5.41, 5.74) is -0.209. The number of pyridine rings is 1. The summed E-state index contributed by atoms with van der Waals surface area (Å²) in [6, 6.07) is 9.09. The largest absolute Gasteiger partial charge is 0.365 e. The van der Waals surface area contributed by atoms with Gasteiger partial charge in [-0.25, -0.2) is 9.18 Å². The number of benzene rings is 1. The molecule has 0 bridgehead atoms. The summed E-state index contributed by atoms with van der Waals surface area (Å²) in [6.07, 6.45) is 1.63. The minimum Gasteiger partial charge on any atom is -0.365 e. The second-order valence-electron chi connectivity index (χ2n) is 8.56. The van der Waals surface area contributed by atoms with Crippen molar-refractivity contribution in [2.45, 2.75) is 31.8 Å². The zero-order valence-corrected chi connectivity index (χ0v) is 19.1. The molecule has 3 atom stereocenters. The maximum absolute atomic E-state index is 13.5. The second kappa shape index (κ2) is 8.97. The maximum atomic E-state index is 13.5. The maximum Gasteiger partial charge on any atom is 0.322 e. The van der Waals surface area contributed by atoms with E-state index in [1.54, 1.807) is 48.4 Å². The van der Waals surface area contributed by atoms with Crippen molar-refractivity contribution in [2.75, 3.05) is 24.5 Å². The molecule has 33 heavy (non-hydrogen) atoms. The van der Waals surface area contributed by atoms with Crippen LogP contribution in [0.1, 0.15) is 26.0 Å². The van der Waals surface area contributed by atoms with Gasteiger partial charge in [0.2, 0.25) is 5.91 Å². The number of carbonyl (C=O) groups is 3. The van der Waals surface area contributed by atoms with Gasteiger partial charge < -0.3 is 15.1 Å². The van der Waals surface area contributed by atoms with Gasteiger partial charge in [-0.1, -0.05) is 24.6 Å². The number of nitrogens with one attached hydrogen (secondary N) is 2. The van der Waals surface area contributed by atoms with Crippen LogP contribution in [0.2, 0.25) is 5.02 Å². The van der Waals surface area contributed by atoms with Gasteiger partial charge >= 0.3 is 6.03 Å². The number of hydrogen-bond donors (Lipinski definition) is 2. The number of amides is 4. The number of urea groups is 1. The molecule has 2 fully saturated rings. The zero-order chi connectivity index (χ0) is 23.8. The molecule has 10 heteroatoms. The zero-order valence-electron chi connectivity index (χ0n) is 18.3.